The Morgan fingerprint density at radius 1 is 0.357 bits per heavy atom. The molecule has 0 aliphatic rings. The van der Waals surface area contributed by atoms with E-state index in [0.717, 1.165) is 91.9 Å². The van der Waals surface area contributed by atoms with Crippen LogP contribution in [0.4, 0.5) is 57.9 Å². The van der Waals surface area contributed by atoms with Crippen molar-refractivity contribution in [1.82, 2.24) is 29.9 Å². The van der Waals surface area contributed by atoms with Gasteiger partial charge in [0.2, 0.25) is 0 Å². The van der Waals surface area contributed by atoms with Crippen molar-refractivity contribution < 1.29 is 151 Å². The minimum absolute atomic E-state index is 0. The van der Waals surface area contributed by atoms with Gasteiger partial charge in [-0.1, -0.05) is 115 Å². The van der Waals surface area contributed by atoms with Gasteiger partial charge >= 0.3 is 0 Å². The van der Waals surface area contributed by atoms with E-state index in [1.54, 1.807) is 98.6 Å². The second kappa shape index (κ2) is 50.9. The van der Waals surface area contributed by atoms with Gasteiger partial charge in [0, 0.05) is 221 Å². The monoisotopic (exact) mass is 2400 g/mol. The van der Waals surface area contributed by atoms with Crippen LogP contribution in [-0.4, -0.2) is 60.0 Å². The molecule has 0 aliphatic heterocycles. The first-order valence-corrected chi connectivity index (χ1v) is 32.6. The molecule has 0 spiro atoms. The van der Waals surface area contributed by atoms with E-state index in [-0.39, 0.29) is 154 Å². The summed E-state index contributed by atoms with van der Waals surface area (Å²) < 4.78 is 103. The first-order chi connectivity index (χ1) is 51.7. The SMILES string of the molecule is CN(C)c1ccnc(-c2[c-]cc(F)cc2)c1.Fc1c[c-]c(-c2cc(N(c3ccccc3)c3ccccc3)ccn2)cc1.Fc1c[c-]c(-c2ccccn2)c(F)c1.Fc1c[c-]c(-c2ccccn2)cc1.OCc1ccnc(-c2[c-]cc(F)cc2)c1.OCc1ccnc(-c2[c-]cc(F)cc2F)c1.[CH2-]C(C)=CC(C)=O.[Ir].[Ir].[Ir].[Ir].[Ir]. The number of nitrogens with zero attached hydrogens (tertiary/aromatic N) is 8. The van der Waals surface area contributed by atoms with Crippen LogP contribution in [0, 0.1) is 89.9 Å². The number of carbonyl (C=O) groups excluding carboxylic acids is 1. The normalized spacial score (nSPS) is 9.89. The number of carbonyl (C=O) groups is 1. The molecule has 14 rings (SSSR count). The molecule has 0 saturated heterocycles. The van der Waals surface area contributed by atoms with Gasteiger partial charge in [-0.15, -0.1) is 144 Å². The summed E-state index contributed by atoms with van der Waals surface area (Å²) in [5, 5.41) is 17.9. The molecule has 0 saturated carbocycles. The van der Waals surface area contributed by atoms with E-state index in [1.807, 2.05) is 97.9 Å². The van der Waals surface area contributed by atoms with Gasteiger partial charge in [-0.25, -0.2) is 12.5 Å². The average molecular weight is 2400 g/mol. The third-order valence-electron chi connectivity index (χ3n) is 14.5. The topological polar surface area (TPSA) is 141 Å². The third-order valence-corrected chi connectivity index (χ3v) is 14.5. The van der Waals surface area contributed by atoms with Crippen LogP contribution in [0.3, 0.4) is 0 Å². The Hall–Kier alpha value is -9.85. The van der Waals surface area contributed by atoms with Crippen LogP contribution >= 0.6 is 0 Å². The first-order valence-electron chi connectivity index (χ1n) is 32.6. The summed E-state index contributed by atoms with van der Waals surface area (Å²) in [4.78, 5) is 39.1. The van der Waals surface area contributed by atoms with Crippen molar-refractivity contribution in [2.75, 3.05) is 23.9 Å². The van der Waals surface area contributed by atoms with Crippen LogP contribution in [0.15, 0.2) is 291 Å². The zero-order valence-corrected chi connectivity index (χ0v) is 71.8. The van der Waals surface area contributed by atoms with Gasteiger partial charge in [0.25, 0.3) is 0 Å². The maximum absolute atomic E-state index is 13.4. The number of aromatic nitrogens is 6. The van der Waals surface area contributed by atoms with Gasteiger partial charge in [0.1, 0.15) is 0 Å². The Balaban J connectivity index is 0.000000344. The third kappa shape index (κ3) is 31.7. The predicted molar refractivity (Wildman–Crippen MR) is 401 cm³/mol. The number of allylic oxidation sites excluding steroid dienone is 2. The Morgan fingerprint density at radius 3 is 1.04 bits per heavy atom. The molecule has 0 amide bonds. The molecule has 585 valence electrons. The summed E-state index contributed by atoms with van der Waals surface area (Å²) in [5.74, 6) is -3.81. The van der Waals surface area contributed by atoms with Gasteiger partial charge in [0.15, 0.2) is 0 Å². The number of anilines is 4. The summed E-state index contributed by atoms with van der Waals surface area (Å²) in [6.45, 7) is 6.64. The molecule has 0 unspecified atom stereocenters. The average Bonchev–Trinajstić information content (AvgIpc) is 0.799. The van der Waals surface area contributed by atoms with E-state index >= 15 is 0 Å². The summed E-state index contributed by atoms with van der Waals surface area (Å²) in [6.07, 6.45) is 11.3. The number of halogens is 8. The summed E-state index contributed by atoms with van der Waals surface area (Å²) in [7, 11) is 3.93. The number of aliphatic hydroxyl groups excluding tert-OH is 2. The van der Waals surface area contributed by atoms with Gasteiger partial charge in [-0.3, -0.25) is 35.1 Å². The number of pyridine rings is 6. The van der Waals surface area contributed by atoms with Crippen LogP contribution in [0.2, 0.25) is 0 Å². The number of hydrogen-bond acceptors (Lipinski definition) is 11. The summed E-state index contributed by atoms with van der Waals surface area (Å²) in [5.41, 5.74) is 13.5. The summed E-state index contributed by atoms with van der Waals surface area (Å²) >= 11 is 0. The Bertz CT molecular complexity index is 5060. The standard InChI is InChI=1S/C23H16FN2.C13H12FN2.C12H8F2NO.C12H9FNO.C11H6F2N.C11H7FN.C6H9O.5Ir/c24-19-13-11-18(12-14-19)23-17-22(15-16-25-23)26(20-7-3-1-4-8-20)21-9-5-2-6-10-21;1-16(2)12-7-8-15-13(9-12)10-3-5-11(14)6-4-10;13-9-1-2-10(11(14)6-9)12-5-8(7-16)3-4-15-12;13-11-3-1-10(2-4-11)12-7-9(8-15)5-6-14-12;12-8-4-5-9(10(13)7-8)11-3-1-2-6-14-11;12-10-6-4-9(5-7-10)11-3-1-2-8-13-11;1-5(2)4-6(3)7;;;;;/h1-11,13-17H;3,5-9H,1-2H3;1,3-6,16H,7H2;1,3-7,15H,8H2;1-4,6-7H;1-4,6-8H;4H,1H2,2-3H3;;;;;/q7*-1;;;;;. The number of aliphatic hydroxyl groups is 2. The van der Waals surface area contributed by atoms with E-state index in [4.69, 9.17) is 10.2 Å². The van der Waals surface area contributed by atoms with Crippen molar-refractivity contribution in [3.05, 3.63) is 392 Å². The number of ketones is 1. The molecular formula is C88H67F8Ir5N8O3-7. The zero-order chi connectivity index (χ0) is 76.5. The Kier molecular flexibility index (Phi) is 43.8. The van der Waals surface area contributed by atoms with Crippen molar-refractivity contribution in [3.8, 4) is 67.5 Å². The quantitative estimate of drug-likeness (QED) is 0.0647. The molecule has 0 fully saturated rings. The van der Waals surface area contributed by atoms with E-state index in [0.29, 0.717) is 28.2 Å². The van der Waals surface area contributed by atoms with Crippen LogP contribution in [0.1, 0.15) is 25.0 Å². The van der Waals surface area contributed by atoms with Gasteiger partial charge < -0.3 is 54.7 Å². The fraction of sp³-hybridized carbons (Fsp3) is 0.0682. The minimum atomic E-state index is -0.720. The van der Waals surface area contributed by atoms with Crippen molar-refractivity contribution in [2.24, 2.45) is 0 Å². The number of rotatable bonds is 13. The van der Waals surface area contributed by atoms with Crippen molar-refractivity contribution >= 4 is 28.5 Å². The molecule has 112 heavy (non-hydrogen) atoms. The minimum Gasteiger partial charge on any atom is -0.392 e. The molecule has 6 aromatic heterocycles. The number of hydrogen-bond donors (Lipinski definition) is 2. The van der Waals surface area contributed by atoms with E-state index in [9.17, 15) is 39.9 Å². The molecule has 24 heteroatoms. The molecule has 6 heterocycles. The Labute approximate surface area is 713 Å². The molecule has 0 atom stereocenters. The van der Waals surface area contributed by atoms with Crippen molar-refractivity contribution in [1.29, 1.82) is 0 Å². The maximum Gasteiger partial charge on any atom is 0.0735 e. The Morgan fingerprint density at radius 2 is 0.688 bits per heavy atom. The number of para-hydroxylation sites is 2. The second-order valence-electron chi connectivity index (χ2n) is 22.9. The van der Waals surface area contributed by atoms with E-state index < -0.39 is 23.3 Å². The van der Waals surface area contributed by atoms with Gasteiger partial charge in [-0.2, -0.15) is 6.08 Å². The molecule has 2 N–H and O–H groups in total. The molecule has 5 radical (unpaired) electrons. The first kappa shape index (κ1) is 96.3. The second-order valence-corrected chi connectivity index (χ2v) is 22.9. The van der Waals surface area contributed by atoms with E-state index in [1.165, 1.54) is 73.8 Å². The fourth-order valence-electron chi connectivity index (χ4n) is 9.50. The molecule has 0 aliphatic carbocycles. The van der Waals surface area contributed by atoms with Crippen molar-refractivity contribution in [3.63, 3.8) is 0 Å². The predicted octanol–water partition coefficient (Wildman–Crippen LogP) is 20.3. The zero-order valence-electron chi connectivity index (χ0n) is 59.8. The van der Waals surface area contributed by atoms with Crippen LogP contribution in [-0.2, 0) is 119 Å². The number of benzene rings is 8. The van der Waals surface area contributed by atoms with Crippen LogP contribution < -0.4 is 9.80 Å². The van der Waals surface area contributed by atoms with Gasteiger partial charge in [-0.05, 0) is 113 Å². The molecule has 8 aromatic carbocycles. The van der Waals surface area contributed by atoms with Crippen molar-refractivity contribution in [2.45, 2.75) is 27.1 Å². The maximum atomic E-state index is 13.4. The molecule has 0 bridgehead atoms. The molecular weight excluding hydrogens is 2330 g/mol. The van der Waals surface area contributed by atoms with Crippen LogP contribution in [0.5, 0.6) is 0 Å². The smallest absolute Gasteiger partial charge is 0.0735 e. The summed E-state index contributed by atoms with van der Waals surface area (Å²) in [6, 6.07) is 83.1. The van der Waals surface area contributed by atoms with Gasteiger partial charge in [0.05, 0.1) is 19.0 Å². The largest absolute Gasteiger partial charge is 0.392 e. The fourth-order valence-corrected chi connectivity index (χ4v) is 9.50. The molecule has 14 aromatic rings. The van der Waals surface area contributed by atoms with E-state index in [2.05, 4.69) is 102 Å². The molecule has 11 nitrogen and oxygen atoms in total. The van der Waals surface area contributed by atoms with Crippen LogP contribution in [0.25, 0.3) is 67.5 Å².